The molecule has 202 valence electrons. The molecule has 2 saturated heterocycles. The first-order valence-corrected chi connectivity index (χ1v) is 13.8. The van der Waals surface area contributed by atoms with Crippen molar-refractivity contribution in [3.63, 3.8) is 0 Å². The van der Waals surface area contributed by atoms with Crippen LogP contribution in [0.15, 0.2) is 36.8 Å². The number of halogens is 1. The Morgan fingerprint density at radius 1 is 1.21 bits per heavy atom. The summed E-state index contributed by atoms with van der Waals surface area (Å²) >= 11 is 0. The highest BCUT2D eigenvalue weighted by Crippen LogP contribution is 2.41. The van der Waals surface area contributed by atoms with Crippen LogP contribution in [0.3, 0.4) is 0 Å². The third-order valence-electron chi connectivity index (χ3n) is 8.97. The van der Waals surface area contributed by atoms with Crippen molar-refractivity contribution in [3.05, 3.63) is 59.3 Å². The molecular formula is C30H37FN4O3. The summed E-state index contributed by atoms with van der Waals surface area (Å²) in [6, 6.07) is 4.40. The minimum absolute atomic E-state index is 0.0907. The van der Waals surface area contributed by atoms with Crippen LogP contribution in [0.2, 0.25) is 0 Å². The highest BCUT2D eigenvalue weighted by Gasteiger charge is 2.48. The molecule has 3 aliphatic rings. The van der Waals surface area contributed by atoms with Gasteiger partial charge in [0, 0.05) is 57.7 Å². The fourth-order valence-corrected chi connectivity index (χ4v) is 6.38. The molecule has 0 unspecified atom stereocenters. The summed E-state index contributed by atoms with van der Waals surface area (Å²) in [4.78, 5) is 22.2. The fraction of sp³-hybridized carbons (Fsp3) is 0.533. The maximum atomic E-state index is 14.4. The van der Waals surface area contributed by atoms with Crippen molar-refractivity contribution in [3.8, 4) is 5.69 Å². The molecule has 3 fully saturated rings. The molecule has 8 heteroatoms. The number of aliphatic hydroxyl groups is 1. The van der Waals surface area contributed by atoms with Gasteiger partial charge in [0.15, 0.2) is 0 Å². The number of hydrogen-bond donors (Lipinski definition) is 1. The summed E-state index contributed by atoms with van der Waals surface area (Å²) in [5.74, 6) is 0.594. The molecule has 2 aromatic heterocycles. The van der Waals surface area contributed by atoms with Crippen LogP contribution >= 0.6 is 0 Å². The Kier molecular flexibility index (Phi) is 6.74. The average molecular weight is 521 g/mol. The topological polar surface area (TPSA) is 70.8 Å². The number of benzene rings is 1. The second kappa shape index (κ2) is 10.1. The van der Waals surface area contributed by atoms with Gasteiger partial charge in [0.05, 0.1) is 35.1 Å². The standard InChI is InChI=1S/C30H37FN4O3/c1-20-13-32-14-27-28(20)23(11-22-16-34(17-22)15-21-5-9-38-10-6-21)18-35(27)26-4-3-24(31)12-25(26)29(37)33(2)30(19-36)7-8-30/h3-4,12-14,18,21-22,36H,5-11,15-17,19H2,1-2H3. The molecule has 7 nitrogen and oxygen atoms in total. The number of amides is 1. The van der Waals surface area contributed by atoms with Crippen LogP contribution in [0.4, 0.5) is 4.39 Å². The predicted molar refractivity (Wildman–Crippen MR) is 144 cm³/mol. The van der Waals surface area contributed by atoms with Gasteiger partial charge in [0.2, 0.25) is 0 Å². The first-order valence-electron chi connectivity index (χ1n) is 13.8. The molecule has 0 bridgehead atoms. The van der Waals surface area contributed by atoms with Crippen molar-refractivity contribution in [2.45, 2.75) is 44.6 Å². The summed E-state index contributed by atoms with van der Waals surface area (Å²) in [6.07, 6.45) is 10.6. The van der Waals surface area contributed by atoms with Gasteiger partial charge in [-0.1, -0.05) is 0 Å². The molecule has 0 radical (unpaired) electrons. The van der Waals surface area contributed by atoms with Crippen molar-refractivity contribution in [2.75, 3.05) is 46.5 Å². The van der Waals surface area contributed by atoms with E-state index in [1.54, 1.807) is 18.0 Å². The third kappa shape index (κ3) is 4.63. The number of rotatable bonds is 8. The van der Waals surface area contributed by atoms with Crippen LogP contribution in [-0.4, -0.2) is 82.4 Å². The summed E-state index contributed by atoms with van der Waals surface area (Å²) in [5.41, 5.74) is 3.65. The zero-order valence-electron chi connectivity index (χ0n) is 22.3. The number of aromatic nitrogens is 2. The van der Waals surface area contributed by atoms with Crippen molar-refractivity contribution < 1.29 is 19.0 Å². The SMILES string of the molecule is Cc1cncc2c1c(CC1CN(CC3CCOCC3)C1)cn2-c1ccc(F)cc1C(=O)N(C)C1(CO)CC1. The number of likely N-dealkylation sites (N-methyl/N-ethyl adjacent to an activating group) is 1. The Hall–Kier alpha value is -2.81. The maximum Gasteiger partial charge on any atom is 0.256 e. The molecule has 2 aliphatic heterocycles. The molecule has 6 rings (SSSR count). The first kappa shape index (κ1) is 25.5. The van der Waals surface area contributed by atoms with Crippen LogP contribution in [0.5, 0.6) is 0 Å². The molecule has 1 aliphatic carbocycles. The van der Waals surface area contributed by atoms with Crippen molar-refractivity contribution in [1.82, 2.24) is 19.4 Å². The van der Waals surface area contributed by atoms with E-state index in [1.165, 1.54) is 17.7 Å². The molecule has 1 amide bonds. The Bertz CT molecular complexity index is 1340. The molecule has 3 aromatic rings. The number of ether oxygens (including phenoxy) is 1. The van der Waals surface area contributed by atoms with Crippen molar-refractivity contribution in [2.24, 2.45) is 11.8 Å². The van der Waals surface area contributed by atoms with E-state index in [1.807, 2.05) is 17.0 Å². The van der Waals surface area contributed by atoms with Crippen molar-refractivity contribution >= 4 is 16.8 Å². The number of pyridine rings is 1. The lowest BCUT2D eigenvalue weighted by Crippen LogP contribution is -2.49. The lowest BCUT2D eigenvalue weighted by atomic mass is 9.89. The van der Waals surface area contributed by atoms with E-state index in [2.05, 4.69) is 23.0 Å². The van der Waals surface area contributed by atoms with Crippen LogP contribution in [0.1, 0.15) is 47.2 Å². The van der Waals surface area contributed by atoms with E-state index in [9.17, 15) is 14.3 Å². The number of likely N-dealkylation sites (tertiary alicyclic amines) is 1. The van der Waals surface area contributed by atoms with Gasteiger partial charge in [-0.15, -0.1) is 0 Å². The first-order chi connectivity index (χ1) is 18.4. The number of carbonyl (C=O) groups is 1. The Balaban J connectivity index is 1.28. The summed E-state index contributed by atoms with van der Waals surface area (Å²) in [7, 11) is 1.70. The van der Waals surface area contributed by atoms with Gasteiger partial charge in [-0.2, -0.15) is 0 Å². The minimum Gasteiger partial charge on any atom is -0.394 e. The van der Waals surface area contributed by atoms with Crippen LogP contribution in [0.25, 0.3) is 16.6 Å². The van der Waals surface area contributed by atoms with E-state index in [4.69, 9.17) is 4.74 Å². The van der Waals surface area contributed by atoms with Gasteiger partial charge in [0.1, 0.15) is 5.82 Å². The monoisotopic (exact) mass is 520 g/mol. The minimum atomic E-state index is -0.538. The fourth-order valence-electron chi connectivity index (χ4n) is 6.38. The highest BCUT2D eigenvalue weighted by atomic mass is 19.1. The molecule has 38 heavy (non-hydrogen) atoms. The Morgan fingerprint density at radius 2 is 1.97 bits per heavy atom. The second-order valence-electron chi connectivity index (χ2n) is 11.6. The quantitative estimate of drug-likeness (QED) is 0.487. The van der Waals surface area contributed by atoms with E-state index in [0.29, 0.717) is 17.2 Å². The Labute approximate surface area is 223 Å². The highest BCUT2D eigenvalue weighted by molar-refractivity contribution is 5.99. The van der Waals surface area contributed by atoms with Gasteiger partial charge < -0.3 is 24.2 Å². The number of hydrogen-bond acceptors (Lipinski definition) is 5. The van der Waals surface area contributed by atoms with Crippen LogP contribution < -0.4 is 0 Å². The molecule has 4 heterocycles. The van der Waals surface area contributed by atoms with Gasteiger partial charge in [-0.25, -0.2) is 4.39 Å². The van der Waals surface area contributed by atoms with Crippen molar-refractivity contribution in [1.29, 1.82) is 0 Å². The van der Waals surface area contributed by atoms with E-state index in [-0.39, 0.29) is 12.5 Å². The van der Waals surface area contributed by atoms with E-state index >= 15 is 0 Å². The largest absolute Gasteiger partial charge is 0.394 e. The number of aliphatic hydroxyl groups excluding tert-OH is 1. The van der Waals surface area contributed by atoms with Gasteiger partial charge >= 0.3 is 0 Å². The summed E-state index contributed by atoms with van der Waals surface area (Å²) in [5, 5.41) is 11.0. The smallest absolute Gasteiger partial charge is 0.256 e. The average Bonchev–Trinajstić information content (AvgIpc) is 3.63. The zero-order valence-corrected chi connectivity index (χ0v) is 22.3. The molecule has 0 atom stereocenters. The van der Waals surface area contributed by atoms with E-state index < -0.39 is 11.4 Å². The number of nitrogens with zero attached hydrogens (tertiary/aromatic N) is 4. The number of fused-ring (bicyclic) bond motifs is 1. The zero-order chi connectivity index (χ0) is 26.4. The second-order valence-corrected chi connectivity index (χ2v) is 11.6. The van der Waals surface area contributed by atoms with Crippen LogP contribution in [0, 0.1) is 24.6 Å². The van der Waals surface area contributed by atoms with Gasteiger partial charge in [-0.05, 0) is 80.2 Å². The number of aryl methyl sites for hydroxylation is 1. The predicted octanol–water partition coefficient (Wildman–Crippen LogP) is 3.97. The lowest BCUT2D eigenvalue weighted by Gasteiger charge is -2.42. The van der Waals surface area contributed by atoms with Crippen LogP contribution in [-0.2, 0) is 11.2 Å². The van der Waals surface area contributed by atoms with E-state index in [0.717, 1.165) is 87.3 Å². The summed E-state index contributed by atoms with van der Waals surface area (Å²) < 4.78 is 22.0. The molecule has 1 N–H and O–H groups in total. The molecule has 1 aromatic carbocycles. The third-order valence-corrected chi connectivity index (χ3v) is 8.97. The summed E-state index contributed by atoms with van der Waals surface area (Å²) in [6.45, 7) is 7.12. The Morgan fingerprint density at radius 3 is 2.68 bits per heavy atom. The maximum absolute atomic E-state index is 14.4. The lowest BCUT2D eigenvalue weighted by molar-refractivity contribution is 0.0254. The molecular weight excluding hydrogens is 483 g/mol. The molecule has 0 spiro atoms. The van der Waals surface area contributed by atoms with Gasteiger partial charge in [-0.3, -0.25) is 9.78 Å². The normalized spacial score (nSPS) is 20.0. The number of carbonyl (C=O) groups excluding carboxylic acids is 1. The van der Waals surface area contributed by atoms with Gasteiger partial charge in [0.25, 0.3) is 5.91 Å². The molecule has 1 saturated carbocycles.